The van der Waals surface area contributed by atoms with Crippen molar-refractivity contribution in [3.05, 3.63) is 46.2 Å². The van der Waals surface area contributed by atoms with Gasteiger partial charge in [0.05, 0.1) is 10.6 Å². The van der Waals surface area contributed by atoms with Crippen LogP contribution in [-0.4, -0.2) is 16.1 Å². The van der Waals surface area contributed by atoms with Gasteiger partial charge in [-0.15, -0.1) is 5.10 Å². The lowest BCUT2D eigenvalue weighted by Crippen LogP contribution is -2.23. The van der Waals surface area contributed by atoms with E-state index in [4.69, 9.17) is 0 Å². The first-order chi connectivity index (χ1) is 9.74. The fraction of sp³-hybridized carbons (Fsp3) is 0.467. The fourth-order valence-electron chi connectivity index (χ4n) is 2.29. The number of hydrogen-bond acceptors (Lipinski definition) is 4. The molecule has 0 aliphatic heterocycles. The molecule has 0 amide bonds. The number of aryl methyl sites for hydroxylation is 1. The minimum absolute atomic E-state index is 0.156. The summed E-state index contributed by atoms with van der Waals surface area (Å²) in [6, 6.07) is 6.94. The summed E-state index contributed by atoms with van der Waals surface area (Å²) in [6.45, 7) is 5.08. The van der Waals surface area contributed by atoms with Crippen molar-refractivity contribution in [2.24, 2.45) is 0 Å². The van der Waals surface area contributed by atoms with Gasteiger partial charge in [0, 0.05) is 6.04 Å². The Labute approximate surface area is 123 Å². The van der Waals surface area contributed by atoms with Crippen molar-refractivity contribution in [2.75, 3.05) is 6.54 Å². The van der Waals surface area contributed by atoms with Crippen molar-refractivity contribution in [1.29, 1.82) is 0 Å². The van der Waals surface area contributed by atoms with Crippen LogP contribution in [-0.2, 0) is 12.8 Å². The summed E-state index contributed by atoms with van der Waals surface area (Å²) in [4.78, 5) is 1.18. The Morgan fingerprint density at radius 2 is 2.20 bits per heavy atom. The van der Waals surface area contributed by atoms with E-state index < -0.39 is 0 Å². The maximum absolute atomic E-state index is 13.3. The monoisotopic (exact) mass is 293 g/mol. The van der Waals surface area contributed by atoms with Crippen molar-refractivity contribution >= 4 is 11.5 Å². The predicted molar refractivity (Wildman–Crippen MR) is 80.4 cm³/mol. The maximum atomic E-state index is 13.3. The zero-order valence-corrected chi connectivity index (χ0v) is 12.7. The molecular formula is C15H20FN3S. The van der Waals surface area contributed by atoms with Crippen molar-refractivity contribution in [2.45, 2.75) is 39.2 Å². The predicted octanol–water partition coefficient (Wildman–Crippen LogP) is 3.52. The second-order valence-corrected chi connectivity index (χ2v) is 5.56. The molecule has 1 N–H and O–H groups in total. The molecule has 2 aromatic rings. The topological polar surface area (TPSA) is 37.8 Å². The van der Waals surface area contributed by atoms with Gasteiger partial charge >= 0.3 is 0 Å². The minimum atomic E-state index is -0.186. The highest BCUT2D eigenvalue weighted by Crippen LogP contribution is 2.25. The number of nitrogens with one attached hydrogen (secondary N) is 1. The van der Waals surface area contributed by atoms with Gasteiger partial charge in [0.25, 0.3) is 0 Å². The van der Waals surface area contributed by atoms with Crippen LogP contribution in [0.1, 0.15) is 42.4 Å². The lowest BCUT2D eigenvalue weighted by molar-refractivity contribution is 0.548. The Hall–Kier alpha value is -1.33. The van der Waals surface area contributed by atoms with E-state index in [0.29, 0.717) is 0 Å². The van der Waals surface area contributed by atoms with Gasteiger partial charge in [0.2, 0.25) is 0 Å². The smallest absolute Gasteiger partial charge is 0.123 e. The van der Waals surface area contributed by atoms with E-state index in [1.54, 1.807) is 12.1 Å². The van der Waals surface area contributed by atoms with Gasteiger partial charge in [-0.1, -0.05) is 36.9 Å². The quantitative estimate of drug-likeness (QED) is 0.848. The first kappa shape index (κ1) is 15.1. The van der Waals surface area contributed by atoms with Crippen LogP contribution in [0.4, 0.5) is 4.39 Å². The molecule has 0 aliphatic carbocycles. The average Bonchev–Trinajstić information content (AvgIpc) is 2.87. The van der Waals surface area contributed by atoms with Crippen molar-refractivity contribution in [3.8, 4) is 0 Å². The lowest BCUT2D eigenvalue weighted by Gasteiger charge is -2.17. The van der Waals surface area contributed by atoms with Crippen molar-refractivity contribution in [3.63, 3.8) is 0 Å². The van der Waals surface area contributed by atoms with Crippen molar-refractivity contribution < 1.29 is 4.39 Å². The standard InChI is InChI=1S/C15H20FN3S/c1-3-6-13-15(20-19-18-13)14(17-4-2)10-11-7-5-8-12(16)9-11/h5,7-9,14,17H,3-4,6,10H2,1-2H3. The first-order valence-corrected chi connectivity index (χ1v) is 7.80. The highest BCUT2D eigenvalue weighted by atomic mass is 32.1. The molecule has 0 aliphatic rings. The van der Waals surface area contributed by atoms with E-state index in [1.807, 2.05) is 6.07 Å². The Morgan fingerprint density at radius 3 is 2.90 bits per heavy atom. The maximum Gasteiger partial charge on any atom is 0.123 e. The van der Waals surface area contributed by atoms with Crippen LogP contribution in [0, 0.1) is 5.82 Å². The molecule has 1 aromatic carbocycles. The lowest BCUT2D eigenvalue weighted by atomic mass is 10.0. The fourth-order valence-corrected chi connectivity index (χ4v) is 3.06. The van der Waals surface area contributed by atoms with Crippen LogP contribution in [0.2, 0.25) is 0 Å². The minimum Gasteiger partial charge on any atom is -0.309 e. The van der Waals surface area contributed by atoms with Crippen LogP contribution in [0.25, 0.3) is 0 Å². The van der Waals surface area contributed by atoms with Gasteiger partial charge < -0.3 is 5.32 Å². The molecular weight excluding hydrogens is 273 g/mol. The number of aromatic nitrogens is 2. The van der Waals surface area contributed by atoms with E-state index in [-0.39, 0.29) is 11.9 Å². The number of hydrogen-bond donors (Lipinski definition) is 1. The Kier molecular flexibility index (Phi) is 5.61. The number of rotatable bonds is 7. The number of nitrogens with zero attached hydrogens (tertiary/aromatic N) is 2. The Morgan fingerprint density at radius 1 is 1.35 bits per heavy atom. The van der Waals surface area contributed by atoms with E-state index in [2.05, 4.69) is 28.8 Å². The van der Waals surface area contributed by atoms with Crippen molar-refractivity contribution in [1.82, 2.24) is 14.9 Å². The van der Waals surface area contributed by atoms with E-state index in [0.717, 1.165) is 37.1 Å². The highest BCUT2D eigenvalue weighted by Gasteiger charge is 2.18. The van der Waals surface area contributed by atoms with Crippen LogP contribution in [0.3, 0.4) is 0 Å². The molecule has 20 heavy (non-hydrogen) atoms. The van der Waals surface area contributed by atoms with Gasteiger partial charge in [-0.2, -0.15) is 0 Å². The molecule has 1 aromatic heterocycles. The number of likely N-dealkylation sites (N-methyl/N-ethyl adjacent to an activating group) is 1. The van der Waals surface area contributed by atoms with Crippen LogP contribution < -0.4 is 5.32 Å². The van der Waals surface area contributed by atoms with Gasteiger partial charge in [0.1, 0.15) is 5.82 Å². The summed E-state index contributed by atoms with van der Waals surface area (Å²) < 4.78 is 17.4. The molecule has 5 heteroatoms. The van der Waals surface area contributed by atoms with E-state index in [9.17, 15) is 4.39 Å². The van der Waals surface area contributed by atoms with Gasteiger partial charge in [0.15, 0.2) is 0 Å². The largest absolute Gasteiger partial charge is 0.309 e. The molecule has 0 spiro atoms. The molecule has 1 heterocycles. The second kappa shape index (κ2) is 7.45. The number of halogens is 1. The normalized spacial score (nSPS) is 12.6. The number of benzene rings is 1. The van der Waals surface area contributed by atoms with Crippen LogP contribution in [0.15, 0.2) is 24.3 Å². The third kappa shape index (κ3) is 3.84. The molecule has 0 radical (unpaired) electrons. The van der Waals surface area contributed by atoms with E-state index in [1.165, 1.54) is 22.5 Å². The van der Waals surface area contributed by atoms with Gasteiger partial charge in [-0.25, -0.2) is 4.39 Å². The summed E-state index contributed by atoms with van der Waals surface area (Å²) >= 11 is 1.44. The third-order valence-electron chi connectivity index (χ3n) is 3.17. The zero-order valence-electron chi connectivity index (χ0n) is 11.9. The summed E-state index contributed by atoms with van der Waals surface area (Å²) in [5.74, 6) is -0.186. The third-order valence-corrected chi connectivity index (χ3v) is 4.05. The molecule has 0 saturated carbocycles. The molecule has 1 atom stereocenters. The second-order valence-electron chi connectivity index (χ2n) is 4.78. The van der Waals surface area contributed by atoms with Gasteiger partial charge in [-0.05, 0) is 48.6 Å². The summed E-state index contributed by atoms with van der Waals surface area (Å²) in [6.07, 6.45) is 2.75. The molecule has 0 saturated heterocycles. The van der Waals surface area contributed by atoms with Crippen LogP contribution >= 0.6 is 11.5 Å². The summed E-state index contributed by atoms with van der Waals surface area (Å²) in [7, 11) is 0. The molecule has 108 valence electrons. The zero-order chi connectivity index (χ0) is 14.4. The van der Waals surface area contributed by atoms with Gasteiger partial charge in [-0.3, -0.25) is 0 Å². The van der Waals surface area contributed by atoms with E-state index >= 15 is 0 Å². The highest BCUT2D eigenvalue weighted by molar-refractivity contribution is 7.05. The first-order valence-electron chi connectivity index (χ1n) is 7.03. The van der Waals surface area contributed by atoms with Crippen LogP contribution in [0.5, 0.6) is 0 Å². The Balaban J connectivity index is 2.20. The Bertz CT molecular complexity index is 541. The molecule has 2 rings (SSSR count). The average molecular weight is 293 g/mol. The summed E-state index contributed by atoms with van der Waals surface area (Å²) in [5.41, 5.74) is 2.06. The SMILES string of the molecule is CCCc1nnsc1C(Cc1cccc(F)c1)NCC. The molecule has 1 unspecified atom stereocenters. The molecule has 3 nitrogen and oxygen atoms in total. The molecule has 0 bridgehead atoms. The summed E-state index contributed by atoms with van der Waals surface area (Å²) in [5, 5.41) is 7.68. The molecule has 0 fully saturated rings.